The average Bonchev–Trinajstić information content (AvgIpc) is 3.18. The van der Waals surface area contributed by atoms with Crippen LogP contribution in [-0.2, 0) is 4.74 Å². The zero-order valence-electron chi connectivity index (χ0n) is 14.9. The maximum atomic E-state index is 12.0. The molecule has 0 bridgehead atoms. The first-order valence-electron chi connectivity index (χ1n) is 8.38. The van der Waals surface area contributed by atoms with Crippen molar-refractivity contribution >= 4 is 29.7 Å². The van der Waals surface area contributed by atoms with E-state index < -0.39 is 5.97 Å². The van der Waals surface area contributed by atoms with Crippen LogP contribution in [0.25, 0.3) is 11.3 Å². The van der Waals surface area contributed by atoms with Crippen LogP contribution in [0.1, 0.15) is 33.4 Å². The Morgan fingerprint density at radius 1 is 1.29 bits per heavy atom. The van der Waals surface area contributed by atoms with Gasteiger partial charge in [0.25, 0.3) is 5.91 Å². The number of ether oxygens (including phenoxy) is 1. The molecule has 142 valence electrons. The fraction of sp³-hybridized carbons (Fsp3) is 0.100. The number of esters is 1. The molecule has 1 aromatic carbocycles. The number of benzene rings is 1. The summed E-state index contributed by atoms with van der Waals surface area (Å²) >= 11 is 6.07. The quantitative estimate of drug-likeness (QED) is 0.386. The number of hydrogen-bond donors (Lipinski definition) is 1. The van der Waals surface area contributed by atoms with E-state index in [1.54, 1.807) is 55.6 Å². The summed E-state index contributed by atoms with van der Waals surface area (Å²) in [5.41, 5.74) is 3.71. The highest BCUT2D eigenvalue weighted by Crippen LogP contribution is 2.27. The molecule has 3 aromatic rings. The van der Waals surface area contributed by atoms with Crippen molar-refractivity contribution in [2.24, 2.45) is 5.10 Å². The van der Waals surface area contributed by atoms with Crippen molar-refractivity contribution in [3.05, 3.63) is 76.8 Å². The van der Waals surface area contributed by atoms with Crippen molar-refractivity contribution in [2.75, 3.05) is 6.61 Å². The Morgan fingerprint density at radius 3 is 2.89 bits per heavy atom. The summed E-state index contributed by atoms with van der Waals surface area (Å²) in [5, 5.41) is 4.17. The molecule has 1 N–H and O–H groups in total. The molecule has 0 aliphatic carbocycles. The Morgan fingerprint density at radius 2 is 2.14 bits per heavy atom. The van der Waals surface area contributed by atoms with Crippen molar-refractivity contribution in [1.82, 2.24) is 10.4 Å². The Kier molecular flexibility index (Phi) is 6.18. The number of rotatable bonds is 6. The molecule has 2 aromatic heterocycles. The number of halogens is 1. The standard InChI is InChI=1S/C20H16ClN3O4/c1-2-27-20(26)16-10-13(5-7-17(16)21)18-8-6-15(28-18)12-23-24-19(25)14-4-3-9-22-11-14/h3-12H,2H2,1H3,(H,24,25)/b23-12-. The van der Waals surface area contributed by atoms with E-state index in [2.05, 4.69) is 15.5 Å². The zero-order valence-corrected chi connectivity index (χ0v) is 15.6. The van der Waals surface area contributed by atoms with Gasteiger partial charge in [-0.1, -0.05) is 11.6 Å². The van der Waals surface area contributed by atoms with Crippen LogP contribution in [0, 0.1) is 0 Å². The van der Waals surface area contributed by atoms with Crippen LogP contribution in [0.3, 0.4) is 0 Å². The minimum Gasteiger partial charge on any atom is -0.462 e. The summed E-state index contributed by atoms with van der Waals surface area (Å²) in [7, 11) is 0. The topological polar surface area (TPSA) is 93.8 Å². The van der Waals surface area contributed by atoms with Crippen LogP contribution >= 0.6 is 11.6 Å². The maximum Gasteiger partial charge on any atom is 0.339 e. The second-order valence-electron chi connectivity index (χ2n) is 5.56. The molecule has 0 saturated heterocycles. The van der Waals surface area contributed by atoms with Crippen molar-refractivity contribution in [3.8, 4) is 11.3 Å². The first kappa shape index (κ1) is 19.3. The first-order chi connectivity index (χ1) is 13.6. The van der Waals surface area contributed by atoms with Crippen LogP contribution in [0.5, 0.6) is 0 Å². The fourth-order valence-corrected chi connectivity index (χ4v) is 2.53. The van der Waals surface area contributed by atoms with E-state index in [1.165, 1.54) is 12.4 Å². The van der Waals surface area contributed by atoms with Gasteiger partial charge in [0.05, 0.1) is 29.0 Å². The summed E-state index contributed by atoms with van der Waals surface area (Å²) in [6, 6.07) is 11.6. The van der Waals surface area contributed by atoms with E-state index in [9.17, 15) is 9.59 Å². The van der Waals surface area contributed by atoms with E-state index in [-0.39, 0.29) is 18.1 Å². The number of hydrogen-bond acceptors (Lipinski definition) is 6. The third-order valence-corrected chi connectivity index (χ3v) is 3.98. The molecule has 0 aliphatic rings. The number of nitrogens with zero attached hydrogens (tertiary/aromatic N) is 2. The molecule has 2 heterocycles. The third kappa shape index (κ3) is 4.63. The minimum absolute atomic E-state index is 0.255. The summed E-state index contributed by atoms with van der Waals surface area (Å²) in [5.74, 6) is 0.0603. The van der Waals surface area contributed by atoms with E-state index in [1.807, 2.05) is 0 Å². The highest BCUT2D eigenvalue weighted by molar-refractivity contribution is 6.33. The monoisotopic (exact) mass is 397 g/mol. The second kappa shape index (κ2) is 8.96. The zero-order chi connectivity index (χ0) is 19.9. The third-order valence-electron chi connectivity index (χ3n) is 3.65. The molecular formula is C20H16ClN3O4. The van der Waals surface area contributed by atoms with E-state index >= 15 is 0 Å². The highest BCUT2D eigenvalue weighted by atomic mass is 35.5. The van der Waals surface area contributed by atoms with E-state index in [4.69, 9.17) is 20.8 Å². The molecule has 0 spiro atoms. The predicted octanol–water partition coefficient (Wildman–Crippen LogP) is 3.94. The van der Waals surface area contributed by atoms with Crippen LogP contribution < -0.4 is 5.43 Å². The van der Waals surface area contributed by atoms with Crippen LogP contribution in [0.2, 0.25) is 5.02 Å². The van der Waals surface area contributed by atoms with Crippen molar-refractivity contribution in [2.45, 2.75) is 6.92 Å². The number of hydrazone groups is 1. The van der Waals surface area contributed by atoms with Gasteiger partial charge in [0.2, 0.25) is 0 Å². The SMILES string of the molecule is CCOC(=O)c1cc(-c2ccc(/C=N\NC(=O)c3cccnc3)o2)ccc1Cl. The van der Waals surface area contributed by atoms with Gasteiger partial charge < -0.3 is 9.15 Å². The average molecular weight is 398 g/mol. The smallest absolute Gasteiger partial charge is 0.339 e. The lowest BCUT2D eigenvalue weighted by atomic mass is 10.1. The lowest BCUT2D eigenvalue weighted by Crippen LogP contribution is -2.17. The largest absolute Gasteiger partial charge is 0.462 e. The van der Waals surface area contributed by atoms with Gasteiger partial charge >= 0.3 is 5.97 Å². The lowest BCUT2D eigenvalue weighted by Gasteiger charge is -2.05. The van der Waals surface area contributed by atoms with Gasteiger partial charge in [0, 0.05) is 18.0 Å². The molecule has 0 radical (unpaired) electrons. The van der Waals surface area contributed by atoms with Crippen molar-refractivity contribution in [1.29, 1.82) is 0 Å². The van der Waals surface area contributed by atoms with Gasteiger partial charge in [-0.3, -0.25) is 9.78 Å². The Hall–Kier alpha value is -3.45. The molecule has 0 aliphatic heterocycles. The van der Waals surface area contributed by atoms with Crippen LogP contribution in [0.15, 0.2) is 64.4 Å². The number of carbonyl (C=O) groups is 2. The number of amides is 1. The van der Waals surface area contributed by atoms with Gasteiger partial charge in [-0.25, -0.2) is 10.2 Å². The molecule has 8 heteroatoms. The van der Waals surface area contributed by atoms with Gasteiger partial charge in [-0.15, -0.1) is 0 Å². The lowest BCUT2D eigenvalue weighted by molar-refractivity contribution is 0.0526. The molecule has 0 unspecified atom stereocenters. The van der Waals surface area contributed by atoms with E-state index in [0.29, 0.717) is 27.7 Å². The van der Waals surface area contributed by atoms with E-state index in [0.717, 1.165) is 0 Å². The van der Waals surface area contributed by atoms with Gasteiger partial charge in [0.1, 0.15) is 11.5 Å². The predicted molar refractivity (Wildman–Crippen MR) is 104 cm³/mol. The summed E-state index contributed by atoms with van der Waals surface area (Å²) in [4.78, 5) is 27.7. The molecule has 0 fully saturated rings. The van der Waals surface area contributed by atoms with Gasteiger partial charge in [-0.2, -0.15) is 5.10 Å². The number of aromatic nitrogens is 1. The molecule has 0 saturated carbocycles. The van der Waals surface area contributed by atoms with Gasteiger partial charge in [-0.05, 0) is 49.4 Å². The number of nitrogens with one attached hydrogen (secondary N) is 1. The summed E-state index contributed by atoms with van der Waals surface area (Å²) < 4.78 is 10.7. The van der Waals surface area contributed by atoms with Gasteiger partial charge in [0.15, 0.2) is 0 Å². The number of furan rings is 1. The first-order valence-corrected chi connectivity index (χ1v) is 8.76. The van der Waals surface area contributed by atoms with Crippen LogP contribution in [0.4, 0.5) is 0 Å². The number of carbonyl (C=O) groups excluding carboxylic acids is 2. The summed E-state index contributed by atoms with van der Waals surface area (Å²) in [6.07, 6.45) is 4.39. The molecule has 7 nitrogen and oxygen atoms in total. The molecule has 3 rings (SSSR count). The highest BCUT2D eigenvalue weighted by Gasteiger charge is 2.14. The Bertz CT molecular complexity index is 1020. The molecule has 1 amide bonds. The molecule has 28 heavy (non-hydrogen) atoms. The fourth-order valence-electron chi connectivity index (χ4n) is 2.34. The number of pyridine rings is 1. The summed E-state index contributed by atoms with van der Waals surface area (Å²) in [6.45, 7) is 1.98. The van der Waals surface area contributed by atoms with Crippen molar-refractivity contribution in [3.63, 3.8) is 0 Å². The molecular weight excluding hydrogens is 382 g/mol. The minimum atomic E-state index is -0.499. The normalized spacial score (nSPS) is 10.8. The maximum absolute atomic E-state index is 12.0. The Balaban J connectivity index is 1.71. The molecule has 0 atom stereocenters. The van der Waals surface area contributed by atoms with Crippen LogP contribution in [-0.4, -0.2) is 29.7 Å². The Labute approximate surface area is 166 Å². The second-order valence-corrected chi connectivity index (χ2v) is 5.97. The van der Waals surface area contributed by atoms with Crippen molar-refractivity contribution < 1.29 is 18.7 Å².